The molecule has 4 aromatic rings. The van der Waals surface area contributed by atoms with Gasteiger partial charge in [-0.2, -0.15) is 0 Å². The van der Waals surface area contributed by atoms with Crippen LogP contribution in [0.1, 0.15) is 16.7 Å². The molecule has 1 aliphatic heterocycles. The first kappa shape index (κ1) is 25.8. The Kier molecular flexibility index (Phi) is 7.62. The predicted molar refractivity (Wildman–Crippen MR) is 147 cm³/mol. The van der Waals surface area contributed by atoms with Gasteiger partial charge in [-0.25, -0.2) is 4.79 Å². The summed E-state index contributed by atoms with van der Waals surface area (Å²) in [7, 11) is 3.16. The van der Waals surface area contributed by atoms with Crippen LogP contribution >= 0.6 is 0 Å². The normalized spacial score (nSPS) is 14.3. The van der Waals surface area contributed by atoms with Gasteiger partial charge < -0.3 is 14.6 Å². The zero-order valence-electron chi connectivity index (χ0n) is 21.8. The lowest BCUT2D eigenvalue weighted by atomic mass is 10.00. The first-order valence-electron chi connectivity index (χ1n) is 12.9. The van der Waals surface area contributed by atoms with Gasteiger partial charge >= 0.3 is 5.69 Å². The van der Waals surface area contributed by atoms with Crippen molar-refractivity contribution >= 4 is 10.9 Å². The third-order valence-corrected chi connectivity index (χ3v) is 7.29. The summed E-state index contributed by atoms with van der Waals surface area (Å²) in [5.41, 5.74) is 3.33. The van der Waals surface area contributed by atoms with E-state index in [1.54, 1.807) is 37.0 Å². The van der Waals surface area contributed by atoms with E-state index in [0.717, 1.165) is 30.8 Å². The largest absolute Gasteiger partial charge is 0.497 e. The Bertz CT molecular complexity index is 1540. The minimum absolute atomic E-state index is 0.0779. The van der Waals surface area contributed by atoms with Gasteiger partial charge in [-0.15, -0.1) is 0 Å². The topological polar surface area (TPSA) is 85.9 Å². The monoisotopic (exact) mass is 515 g/mol. The number of aliphatic hydroxyl groups excluding tert-OH is 1. The summed E-state index contributed by atoms with van der Waals surface area (Å²) in [6, 6.07) is 21.2. The van der Waals surface area contributed by atoms with Crippen molar-refractivity contribution in [3.8, 4) is 11.5 Å². The lowest BCUT2D eigenvalue weighted by Crippen LogP contribution is -2.45. The fourth-order valence-corrected chi connectivity index (χ4v) is 5.22. The summed E-state index contributed by atoms with van der Waals surface area (Å²) in [6.45, 7) is 2.24. The highest BCUT2D eigenvalue weighted by Gasteiger charge is 2.21. The van der Waals surface area contributed by atoms with E-state index in [1.807, 2.05) is 36.4 Å². The quantitative estimate of drug-likeness (QED) is 0.369. The van der Waals surface area contributed by atoms with E-state index < -0.39 is 17.4 Å². The van der Waals surface area contributed by atoms with Crippen molar-refractivity contribution in [1.82, 2.24) is 14.0 Å². The smallest absolute Gasteiger partial charge is 0.331 e. The number of methoxy groups -OCH3 is 2. The van der Waals surface area contributed by atoms with E-state index in [2.05, 4.69) is 17.0 Å². The third-order valence-electron chi connectivity index (χ3n) is 7.29. The van der Waals surface area contributed by atoms with Gasteiger partial charge in [-0.3, -0.25) is 18.8 Å². The summed E-state index contributed by atoms with van der Waals surface area (Å²) in [6.07, 6.45) is 0.638. The summed E-state index contributed by atoms with van der Waals surface area (Å²) in [5, 5.41) is 11.4. The molecule has 0 radical (unpaired) electrons. The van der Waals surface area contributed by atoms with Crippen LogP contribution in [-0.4, -0.2) is 52.6 Å². The standard InChI is InChI=1S/C30H33N3O5/c1-37-25-9-7-21(8-10-25)13-16-32-28-12-11-26(38-2)17-27(28)29(35)33(30(32)36)20-24(34)19-31-15-14-22-5-3-4-6-23(22)18-31/h3-12,17,24,34H,13-16,18-20H2,1-2H3. The van der Waals surface area contributed by atoms with Gasteiger partial charge in [0, 0.05) is 26.2 Å². The van der Waals surface area contributed by atoms with Crippen molar-refractivity contribution in [3.05, 3.63) is 104 Å². The van der Waals surface area contributed by atoms with Crippen LogP contribution in [0.5, 0.6) is 11.5 Å². The fraction of sp³-hybridized carbons (Fsp3) is 0.333. The molecular formula is C30H33N3O5. The number of hydrogen-bond donors (Lipinski definition) is 1. The van der Waals surface area contributed by atoms with Crippen molar-refractivity contribution in [2.75, 3.05) is 27.3 Å². The molecule has 1 aromatic heterocycles. The third kappa shape index (κ3) is 5.37. The highest BCUT2D eigenvalue weighted by Crippen LogP contribution is 2.20. The summed E-state index contributed by atoms with van der Waals surface area (Å²) >= 11 is 0. The lowest BCUT2D eigenvalue weighted by Gasteiger charge is -2.30. The van der Waals surface area contributed by atoms with Crippen molar-refractivity contribution in [2.45, 2.75) is 38.6 Å². The average Bonchev–Trinajstić information content (AvgIpc) is 2.95. The van der Waals surface area contributed by atoms with Gasteiger partial charge in [0.05, 0.1) is 37.8 Å². The van der Waals surface area contributed by atoms with Crippen molar-refractivity contribution < 1.29 is 14.6 Å². The van der Waals surface area contributed by atoms with Crippen LogP contribution in [0.2, 0.25) is 0 Å². The Balaban J connectivity index is 1.42. The number of ether oxygens (including phenoxy) is 2. The molecule has 8 nitrogen and oxygen atoms in total. The maximum Gasteiger partial charge on any atom is 0.331 e. The molecule has 2 heterocycles. The molecule has 5 rings (SSSR count). The number of rotatable bonds is 9. The van der Waals surface area contributed by atoms with E-state index in [4.69, 9.17) is 9.47 Å². The zero-order chi connectivity index (χ0) is 26.6. The Morgan fingerprint density at radius 2 is 1.58 bits per heavy atom. The Morgan fingerprint density at radius 3 is 2.32 bits per heavy atom. The highest BCUT2D eigenvalue weighted by atomic mass is 16.5. The van der Waals surface area contributed by atoms with Gasteiger partial charge in [0.25, 0.3) is 5.56 Å². The van der Waals surface area contributed by atoms with Crippen LogP contribution in [0, 0.1) is 0 Å². The number of aromatic nitrogens is 2. The number of hydrogen-bond acceptors (Lipinski definition) is 6. The lowest BCUT2D eigenvalue weighted by molar-refractivity contribution is 0.0897. The molecule has 0 bridgehead atoms. The first-order valence-corrected chi connectivity index (χ1v) is 12.9. The molecule has 1 aliphatic rings. The first-order chi connectivity index (χ1) is 18.5. The molecule has 3 aromatic carbocycles. The van der Waals surface area contributed by atoms with Crippen molar-refractivity contribution in [1.29, 1.82) is 0 Å². The Morgan fingerprint density at radius 1 is 0.868 bits per heavy atom. The molecule has 38 heavy (non-hydrogen) atoms. The highest BCUT2D eigenvalue weighted by molar-refractivity contribution is 5.79. The number of aliphatic hydroxyl groups is 1. The molecule has 198 valence electrons. The van der Waals surface area contributed by atoms with Crippen LogP contribution in [0.15, 0.2) is 76.3 Å². The fourth-order valence-electron chi connectivity index (χ4n) is 5.22. The zero-order valence-corrected chi connectivity index (χ0v) is 21.8. The second-order valence-electron chi connectivity index (χ2n) is 9.74. The van der Waals surface area contributed by atoms with Gasteiger partial charge in [0.1, 0.15) is 11.5 Å². The molecule has 1 N–H and O–H groups in total. The maximum atomic E-state index is 13.6. The molecule has 0 amide bonds. The van der Waals surface area contributed by atoms with Crippen LogP contribution in [0.25, 0.3) is 10.9 Å². The molecule has 0 aliphatic carbocycles. The molecule has 1 unspecified atom stereocenters. The Hall–Kier alpha value is -3.88. The molecule has 0 spiro atoms. The summed E-state index contributed by atoms with van der Waals surface area (Å²) < 4.78 is 13.4. The molecule has 0 saturated heterocycles. The van der Waals surface area contributed by atoms with Gasteiger partial charge in [0.2, 0.25) is 0 Å². The van der Waals surface area contributed by atoms with E-state index in [-0.39, 0.29) is 6.54 Å². The minimum atomic E-state index is -0.872. The van der Waals surface area contributed by atoms with Gasteiger partial charge in [-0.05, 0) is 59.9 Å². The van der Waals surface area contributed by atoms with Crippen LogP contribution < -0.4 is 20.7 Å². The molecule has 0 fully saturated rings. The van der Waals surface area contributed by atoms with Crippen molar-refractivity contribution in [3.63, 3.8) is 0 Å². The SMILES string of the molecule is COc1ccc(CCn2c(=O)n(CC(O)CN3CCc4ccccc4C3)c(=O)c3cc(OC)ccc32)cc1. The molecular weight excluding hydrogens is 482 g/mol. The van der Waals surface area contributed by atoms with Crippen molar-refractivity contribution in [2.24, 2.45) is 0 Å². The molecule has 1 atom stereocenters. The maximum absolute atomic E-state index is 13.6. The summed E-state index contributed by atoms with van der Waals surface area (Å²) in [5.74, 6) is 1.30. The number of nitrogens with zero attached hydrogens (tertiary/aromatic N) is 3. The van der Waals surface area contributed by atoms with Crippen LogP contribution in [0.4, 0.5) is 0 Å². The number of aryl methyl sites for hydroxylation is 2. The van der Waals surface area contributed by atoms with Gasteiger partial charge in [0.15, 0.2) is 0 Å². The minimum Gasteiger partial charge on any atom is -0.497 e. The van der Waals surface area contributed by atoms with E-state index in [0.29, 0.717) is 36.2 Å². The number of fused-ring (bicyclic) bond motifs is 2. The van der Waals surface area contributed by atoms with E-state index in [9.17, 15) is 14.7 Å². The number of β-amino-alcohol motifs (C(OH)–C–C–N with tert-alkyl or cyclic N) is 1. The second kappa shape index (κ2) is 11.2. The summed E-state index contributed by atoms with van der Waals surface area (Å²) in [4.78, 5) is 29.3. The van der Waals surface area contributed by atoms with Crippen LogP contribution in [-0.2, 0) is 32.5 Å². The van der Waals surface area contributed by atoms with E-state index in [1.165, 1.54) is 15.7 Å². The average molecular weight is 516 g/mol. The predicted octanol–water partition coefficient (Wildman–Crippen LogP) is 2.84. The Labute approximate surface area is 221 Å². The molecule has 8 heteroatoms. The van der Waals surface area contributed by atoms with E-state index >= 15 is 0 Å². The second-order valence-corrected chi connectivity index (χ2v) is 9.74. The van der Waals surface area contributed by atoms with Gasteiger partial charge in [-0.1, -0.05) is 36.4 Å². The van der Waals surface area contributed by atoms with Crippen LogP contribution in [0.3, 0.4) is 0 Å². The number of benzene rings is 3. The molecule has 0 saturated carbocycles.